The third-order valence-electron chi connectivity index (χ3n) is 3.20. The maximum atomic E-state index is 12.5. The van der Waals surface area contributed by atoms with Crippen LogP contribution in [0, 0.1) is 0 Å². The summed E-state index contributed by atoms with van der Waals surface area (Å²) < 4.78 is 0. The minimum atomic E-state index is -0.294. The van der Waals surface area contributed by atoms with Crippen molar-refractivity contribution in [3.05, 3.63) is 60.2 Å². The molecule has 0 spiro atoms. The van der Waals surface area contributed by atoms with Crippen LogP contribution < -0.4 is 5.32 Å². The highest BCUT2D eigenvalue weighted by molar-refractivity contribution is 8.00. The Kier molecular flexibility index (Phi) is 5.82. The Morgan fingerprint density at radius 3 is 2.13 bits per heavy atom. The van der Waals surface area contributed by atoms with Crippen molar-refractivity contribution < 1.29 is 9.59 Å². The summed E-state index contributed by atoms with van der Waals surface area (Å²) in [6.45, 7) is 1.48. The summed E-state index contributed by atoms with van der Waals surface area (Å²) in [5, 5.41) is 2.44. The van der Waals surface area contributed by atoms with Gasteiger partial charge in [0.1, 0.15) is 5.25 Å². The van der Waals surface area contributed by atoms with Crippen LogP contribution in [0.15, 0.2) is 59.5 Å². The summed E-state index contributed by atoms with van der Waals surface area (Å²) in [6, 6.07) is 17.2. The zero-order chi connectivity index (χ0) is 16.8. The molecule has 1 unspecified atom stereocenters. The standard InChI is InChI=1S/C18H20N2O2S/c1-13(21)19-15-9-11-16(12-10-15)23-17(18(22)20(2)3)14-7-5-4-6-8-14/h4-12,17H,1-3H3,(H,19,21). The zero-order valence-electron chi connectivity index (χ0n) is 13.4. The molecule has 0 aliphatic rings. The van der Waals surface area contributed by atoms with Crippen LogP contribution in [0.3, 0.4) is 0 Å². The second kappa shape index (κ2) is 7.83. The topological polar surface area (TPSA) is 49.4 Å². The molecular formula is C18H20N2O2S. The molecule has 2 aromatic rings. The third-order valence-corrected chi connectivity index (χ3v) is 4.45. The average Bonchev–Trinajstić information content (AvgIpc) is 2.53. The summed E-state index contributed by atoms with van der Waals surface area (Å²) in [7, 11) is 3.53. The molecule has 4 nitrogen and oxygen atoms in total. The molecule has 2 aromatic carbocycles. The summed E-state index contributed by atoms with van der Waals surface area (Å²) in [5.74, 6) is -0.0533. The van der Waals surface area contributed by atoms with Gasteiger partial charge in [-0.2, -0.15) is 0 Å². The van der Waals surface area contributed by atoms with Gasteiger partial charge in [-0.3, -0.25) is 9.59 Å². The molecule has 2 amide bonds. The van der Waals surface area contributed by atoms with Gasteiger partial charge in [-0.15, -0.1) is 11.8 Å². The number of amides is 2. The van der Waals surface area contributed by atoms with Crippen molar-refractivity contribution in [2.24, 2.45) is 0 Å². The number of rotatable bonds is 5. The molecule has 0 fully saturated rings. The third kappa shape index (κ3) is 4.86. The van der Waals surface area contributed by atoms with Gasteiger partial charge in [0.25, 0.3) is 0 Å². The van der Waals surface area contributed by atoms with Crippen LogP contribution in [-0.2, 0) is 9.59 Å². The first-order valence-electron chi connectivity index (χ1n) is 7.28. The predicted octanol–water partition coefficient (Wildman–Crippen LogP) is 3.57. The van der Waals surface area contributed by atoms with E-state index >= 15 is 0 Å². The molecule has 1 N–H and O–H groups in total. The number of anilines is 1. The molecule has 0 aromatic heterocycles. The van der Waals surface area contributed by atoms with Gasteiger partial charge in [-0.25, -0.2) is 0 Å². The molecule has 0 saturated heterocycles. The van der Waals surface area contributed by atoms with Crippen LogP contribution in [0.25, 0.3) is 0 Å². The van der Waals surface area contributed by atoms with Crippen LogP contribution >= 0.6 is 11.8 Å². The molecule has 5 heteroatoms. The first kappa shape index (κ1) is 17.1. The minimum absolute atomic E-state index is 0.0483. The quantitative estimate of drug-likeness (QED) is 0.854. The molecule has 1 atom stereocenters. The van der Waals surface area contributed by atoms with E-state index in [1.165, 1.54) is 18.7 Å². The van der Waals surface area contributed by atoms with E-state index in [-0.39, 0.29) is 17.1 Å². The molecule has 0 aliphatic carbocycles. The number of hydrogen-bond acceptors (Lipinski definition) is 3. The highest BCUT2D eigenvalue weighted by Gasteiger charge is 2.23. The fraction of sp³-hybridized carbons (Fsp3) is 0.222. The van der Waals surface area contributed by atoms with Gasteiger partial charge < -0.3 is 10.2 Å². The molecule has 0 saturated carbocycles. The van der Waals surface area contributed by atoms with Crippen LogP contribution in [0.5, 0.6) is 0 Å². The van der Waals surface area contributed by atoms with Crippen molar-refractivity contribution in [3.63, 3.8) is 0 Å². The summed E-state index contributed by atoms with van der Waals surface area (Å²) >= 11 is 1.50. The van der Waals surface area contributed by atoms with Gasteiger partial charge in [0.15, 0.2) is 0 Å². The molecule has 23 heavy (non-hydrogen) atoms. The van der Waals surface area contributed by atoms with Gasteiger partial charge in [0, 0.05) is 31.6 Å². The number of nitrogens with zero attached hydrogens (tertiary/aromatic N) is 1. The van der Waals surface area contributed by atoms with Gasteiger partial charge in [-0.1, -0.05) is 30.3 Å². The number of carbonyl (C=O) groups is 2. The van der Waals surface area contributed by atoms with Crippen molar-refractivity contribution in [3.8, 4) is 0 Å². The second-order valence-electron chi connectivity index (χ2n) is 5.35. The minimum Gasteiger partial charge on any atom is -0.348 e. The van der Waals surface area contributed by atoms with E-state index in [2.05, 4.69) is 5.32 Å². The van der Waals surface area contributed by atoms with E-state index in [4.69, 9.17) is 0 Å². The molecule has 0 heterocycles. The van der Waals surface area contributed by atoms with Crippen molar-refractivity contribution in [2.75, 3.05) is 19.4 Å². The largest absolute Gasteiger partial charge is 0.348 e. The lowest BCUT2D eigenvalue weighted by atomic mass is 10.1. The van der Waals surface area contributed by atoms with Crippen LogP contribution in [0.1, 0.15) is 17.7 Å². The Balaban J connectivity index is 2.21. The maximum absolute atomic E-state index is 12.5. The predicted molar refractivity (Wildman–Crippen MR) is 94.5 cm³/mol. The fourth-order valence-corrected chi connectivity index (χ4v) is 3.25. The monoisotopic (exact) mass is 328 g/mol. The second-order valence-corrected chi connectivity index (χ2v) is 6.53. The Morgan fingerprint density at radius 1 is 1.00 bits per heavy atom. The van der Waals surface area contributed by atoms with E-state index in [1.54, 1.807) is 19.0 Å². The number of hydrogen-bond donors (Lipinski definition) is 1. The highest BCUT2D eigenvalue weighted by Crippen LogP contribution is 2.36. The van der Waals surface area contributed by atoms with E-state index in [9.17, 15) is 9.59 Å². The number of carbonyl (C=O) groups excluding carboxylic acids is 2. The first-order chi connectivity index (χ1) is 11.0. The van der Waals surface area contributed by atoms with E-state index < -0.39 is 0 Å². The van der Waals surface area contributed by atoms with Crippen molar-refractivity contribution in [1.29, 1.82) is 0 Å². The number of thioether (sulfide) groups is 1. The fourth-order valence-electron chi connectivity index (χ4n) is 2.08. The van der Waals surface area contributed by atoms with Crippen LogP contribution in [-0.4, -0.2) is 30.8 Å². The average molecular weight is 328 g/mol. The Morgan fingerprint density at radius 2 is 1.61 bits per heavy atom. The van der Waals surface area contributed by atoms with Crippen LogP contribution in [0.2, 0.25) is 0 Å². The molecule has 0 bridgehead atoms. The van der Waals surface area contributed by atoms with E-state index in [0.29, 0.717) is 0 Å². The SMILES string of the molecule is CC(=O)Nc1ccc(SC(C(=O)N(C)C)c2ccccc2)cc1. The summed E-state index contributed by atoms with van der Waals surface area (Å²) in [4.78, 5) is 26.1. The van der Waals surface area contributed by atoms with Gasteiger partial charge in [0.2, 0.25) is 11.8 Å². The normalized spacial score (nSPS) is 11.6. The van der Waals surface area contributed by atoms with Gasteiger partial charge >= 0.3 is 0 Å². The number of benzene rings is 2. The summed E-state index contributed by atoms with van der Waals surface area (Å²) in [5.41, 5.74) is 1.72. The Hall–Kier alpha value is -2.27. The first-order valence-corrected chi connectivity index (χ1v) is 8.16. The Labute approximate surface area is 140 Å². The lowest BCUT2D eigenvalue weighted by Crippen LogP contribution is -2.26. The zero-order valence-corrected chi connectivity index (χ0v) is 14.3. The molecule has 2 rings (SSSR count). The molecule has 120 valence electrons. The summed E-state index contributed by atoms with van der Waals surface area (Å²) in [6.07, 6.45) is 0. The molecule has 0 aliphatic heterocycles. The van der Waals surface area contributed by atoms with Crippen molar-refractivity contribution in [2.45, 2.75) is 17.1 Å². The lowest BCUT2D eigenvalue weighted by molar-refractivity contribution is -0.128. The molecular weight excluding hydrogens is 308 g/mol. The van der Waals surface area contributed by atoms with Gasteiger partial charge in [0.05, 0.1) is 0 Å². The van der Waals surface area contributed by atoms with Crippen molar-refractivity contribution in [1.82, 2.24) is 4.90 Å². The van der Waals surface area contributed by atoms with Gasteiger partial charge in [-0.05, 0) is 29.8 Å². The Bertz CT molecular complexity index is 669. The highest BCUT2D eigenvalue weighted by atomic mass is 32.2. The number of nitrogens with one attached hydrogen (secondary N) is 1. The lowest BCUT2D eigenvalue weighted by Gasteiger charge is -2.20. The smallest absolute Gasteiger partial charge is 0.240 e. The van der Waals surface area contributed by atoms with Crippen LogP contribution in [0.4, 0.5) is 5.69 Å². The van der Waals surface area contributed by atoms with E-state index in [1.807, 2.05) is 54.6 Å². The molecule has 0 radical (unpaired) electrons. The maximum Gasteiger partial charge on any atom is 0.240 e. The van der Waals surface area contributed by atoms with E-state index in [0.717, 1.165) is 16.1 Å². The van der Waals surface area contributed by atoms with Crippen molar-refractivity contribution >= 4 is 29.3 Å². The number of likely N-dealkylation sites (N-methyl/N-ethyl adjacent to an activating group) is 1.